The molecule has 0 bridgehead atoms. The van der Waals surface area contributed by atoms with Crippen LogP contribution in [0.4, 0.5) is 11.4 Å². The topological polar surface area (TPSA) is 68.0 Å². The number of nitrogens with zero attached hydrogens (tertiary/aromatic N) is 1. The SMILES string of the molecule is Nc1c(C(=O)Nc2ccc(Cl)cc2)sc2nc3c(cc12)CCCCC3. The minimum atomic E-state index is -0.210. The van der Waals surface area contributed by atoms with Crippen molar-refractivity contribution in [1.29, 1.82) is 0 Å². The fourth-order valence-corrected chi connectivity index (χ4v) is 4.34. The summed E-state index contributed by atoms with van der Waals surface area (Å²) in [6, 6.07) is 9.15. The average molecular weight is 372 g/mol. The van der Waals surface area contributed by atoms with Crippen molar-refractivity contribution in [3.8, 4) is 0 Å². The second kappa shape index (κ2) is 6.65. The number of pyridine rings is 1. The molecule has 2 heterocycles. The molecule has 0 radical (unpaired) electrons. The third-order valence-corrected chi connectivity index (χ3v) is 5.92. The number of thiophene rings is 1. The van der Waals surface area contributed by atoms with Gasteiger partial charge in [-0.2, -0.15) is 0 Å². The predicted molar refractivity (Wildman–Crippen MR) is 105 cm³/mol. The Labute approximate surface area is 155 Å². The molecule has 1 aromatic carbocycles. The highest BCUT2D eigenvalue weighted by Crippen LogP contribution is 2.35. The second-order valence-corrected chi connectivity index (χ2v) is 7.75. The Morgan fingerprint density at radius 1 is 1.16 bits per heavy atom. The molecule has 0 fully saturated rings. The molecule has 3 aromatic rings. The van der Waals surface area contributed by atoms with Gasteiger partial charge >= 0.3 is 0 Å². The number of anilines is 2. The molecule has 1 amide bonds. The Morgan fingerprint density at radius 2 is 1.92 bits per heavy atom. The monoisotopic (exact) mass is 371 g/mol. The molecule has 0 aliphatic heterocycles. The molecule has 0 atom stereocenters. The molecule has 3 N–H and O–H groups in total. The number of benzene rings is 1. The van der Waals surface area contributed by atoms with Crippen LogP contribution in [-0.4, -0.2) is 10.9 Å². The maximum Gasteiger partial charge on any atom is 0.267 e. The maximum absolute atomic E-state index is 12.6. The minimum absolute atomic E-state index is 0.210. The van der Waals surface area contributed by atoms with E-state index in [9.17, 15) is 4.79 Å². The molecule has 0 saturated heterocycles. The van der Waals surface area contributed by atoms with Crippen LogP contribution in [0.1, 0.15) is 40.2 Å². The number of nitrogens with two attached hydrogens (primary N) is 1. The van der Waals surface area contributed by atoms with Gasteiger partial charge in [-0.3, -0.25) is 4.79 Å². The summed E-state index contributed by atoms with van der Waals surface area (Å²) in [6.07, 6.45) is 5.66. The lowest BCUT2D eigenvalue weighted by atomic mass is 10.1. The molecule has 4 nitrogen and oxygen atoms in total. The van der Waals surface area contributed by atoms with Gasteiger partial charge in [0.1, 0.15) is 9.71 Å². The lowest BCUT2D eigenvalue weighted by Gasteiger charge is -2.05. The van der Waals surface area contributed by atoms with Crippen molar-refractivity contribution in [1.82, 2.24) is 4.98 Å². The number of nitrogen functional groups attached to an aromatic ring is 1. The second-order valence-electron chi connectivity index (χ2n) is 6.31. The van der Waals surface area contributed by atoms with E-state index < -0.39 is 0 Å². The molecule has 0 spiro atoms. The van der Waals surface area contributed by atoms with Crippen molar-refractivity contribution in [3.63, 3.8) is 0 Å². The predicted octanol–water partition coefficient (Wildman–Crippen LogP) is 5.05. The summed E-state index contributed by atoms with van der Waals surface area (Å²) in [5, 5.41) is 4.40. The maximum atomic E-state index is 12.6. The fraction of sp³-hybridized carbons (Fsp3) is 0.263. The van der Waals surface area contributed by atoms with Crippen LogP contribution in [0.2, 0.25) is 5.02 Å². The number of rotatable bonds is 2. The lowest BCUT2D eigenvalue weighted by Crippen LogP contribution is -2.11. The zero-order valence-electron chi connectivity index (χ0n) is 13.6. The Bertz CT molecular complexity index is 949. The van der Waals surface area contributed by atoms with Gasteiger partial charge in [0.15, 0.2) is 0 Å². The van der Waals surface area contributed by atoms with Gasteiger partial charge in [0.25, 0.3) is 5.91 Å². The van der Waals surface area contributed by atoms with Crippen LogP contribution in [0.5, 0.6) is 0 Å². The van der Waals surface area contributed by atoms with Crippen molar-refractivity contribution < 1.29 is 4.79 Å². The summed E-state index contributed by atoms with van der Waals surface area (Å²) >= 11 is 7.24. The van der Waals surface area contributed by atoms with Crippen LogP contribution in [0.25, 0.3) is 10.2 Å². The molecule has 1 aliphatic rings. The number of carbonyl (C=O) groups is 1. The van der Waals surface area contributed by atoms with E-state index in [0.717, 1.165) is 28.8 Å². The van der Waals surface area contributed by atoms with Gasteiger partial charge in [-0.1, -0.05) is 18.0 Å². The van der Waals surface area contributed by atoms with Crippen LogP contribution < -0.4 is 11.1 Å². The number of fused-ring (bicyclic) bond motifs is 2. The highest BCUT2D eigenvalue weighted by molar-refractivity contribution is 7.21. The summed E-state index contributed by atoms with van der Waals surface area (Å²) in [7, 11) is 0. The molecular weight excluding hydrogens is 354 g/mol. The van der Waals surface area contributed by atoms with Gasteiger partial charge in [-0.25, -0.2) is 4.98 Å². The zero-order chi connectivity index (χ0) is 17.4. The van der Waals surface area contributed by atoms with Crippen molar-refractivity contribution in [3.05, 3.63) is 51.5 Å². The first-order valence-electron chi connectivity index (χ1n) is 8.39. The number of aryl methyl sites for hydroxylation is 2. The van der Waals surface area contributed by atoms with E-state index >= 15 is 0 Å². The first-order valence-corrected chi connectivity index (χ1v) is 9.59. The molecule has 0 unspecified atom stereocenters. The molecule has 6 heteroatoms. The van der Waals surface area contributed by atoms with E-state index in [1.165, 1.54) is 36.2 Å². The van der Waals surface area contributed by atoms with E-state index in [1.54, 1.807) is 24.3 Å². The molecule has 25 heavy (non-hydrogen) atoms. The van der Waals surface area contributed by atoms with Gasteiger partial charge in [-0.15, -0.1) is 11.3 Å². The van der Waals surface area contributed by atoms with E-state index in [-0.39, 0.29) is 5.91 Å². The number of nitrogens with one attached hydrogen (secondary N) is 1. The Balaban J connectivity index is 1.68. The van der Waals surface area contributed by atoms with Crippen LogP contribution in [0.3, 0.4) is 0 Å². The fourth-order valence-electron chi connectivity index (χ4n) is 3.23. The molecule has 1 aliphatic carbocycles. The number of aromatic nitrogens is 1. The van der Waals surface area contributed by atoms with Crippen molar-refractivity contribution in [2.24, 2.45) is 0 Å². The van der Waals surface area contributed by atoms with Crippen LogP contribution in [0.15, 0.2) is 30.3 Å². The van der Waals surface area contributed by atoms with Crippen LogP contribution >= 0.6 is 22.9 Å². The van der Waals surface area contributed by atoms with Gasteiger partial charge in [0.05, 0.1) is 5.69 Å². The molecule has 0 saturated carbocycles. The standard InChI is InChI=1S/C19H18ClN3OS/c20-12-6-8-13(9-7-12)22-18(24)17-16(21)14-10-11-4-2-1-3-5-15(11)23-19(14)25-17/h6-10H,1-5,21H2,(H,22,24). The highest BCUT2D eigenvalue weighted by Gasteiger charge is 2.20. The molecular formula is C19H18ClN3OS. The zero-order valence-corrected chi connectivity index (χ0v) is 15.2. The van der Waals surface area contributed by atoms with Gasteiger partial charge < -0.3 is 11.1 Å². The third-order valence-electron chi connectivity index (χ3n) is 4.56. The first-order chi connectivity index (χ1) is 12.1. The number of amides is 1. The van der Waals surface area contributed by atoms with Crippen LogP contribution in [-0.2, 0) is 12.8 Å². The van der Waals surface area contributed by atoms with Gasteiger partial charge in [0, 0.05) is 21.8 Å². The number of hydrogen-bond acceptors (Lipinski definition) is 4. The number of carbonyl (C=O) groups excluding carboxylic acids is 1. The summed E-state index contributed by atoms with van der Waals surface area (Å²) < 4.78 is 0. The van der Waals surface area contributed by atoms with Gasteiger partial charge in [-0.05, 0) is 61.6 Å². The third kappa shape index (κ3) is 3.22. The van der Waals surface area contributed by atoms with Gasteiger partial charge in [0.2, 0.25) is 0 Å². The highest BCUT2D eigenvalue weighted by atomic mass is 35.5. The van der Waals surface area contributed by atoms with Crippen molar-refractivity contribution >= 4 is 50.4 Å². The van der Waals surface area contributed by atoms with E-state index in [1.807, 2.05) is 0 Å². The van der Waals surface area contributed by atoms with Crippen molar-refractivity contribution in [2.45, 2.75) is 32.1 Å². The Hall–Kier alpha value is -2.11. The molecule has 4 rings (SSSR count). The van der Waals surface area contributed by atoms with E-state index in [0.29, 0.717) is 21.3 Å². The first kappa shape index (κ1) is 16.4. The lowest BCUT2D eigenvalue weighted by molar-refractivity contribution is 0.103. The average Bonchev–Trinajstić information content (AvgIpc) is 2.78. The smallest absolute Gasteiger partial charge is 0.267 e. The number of hydrogen-bond donors (Lipinski definition) is 2. The summed E-state index contributed by atoms with van der Waals surface area (Å²) in [5.41, 5.74) is 9.93. The Kier molecular flexibility index (Phi) is 4.36. The Morgan fingerprint density at radius 3 is 2.72 bits per heavy atom. The molecule has 2 aromatic heterocycles. The normalized spacial score (nSPS) is 14.1. The van der Waals surface area contributed by atoms with E-state index in [2.05, 4.69) is 11.4 Å². The summed E-state index contributed by atoms with van der Waals surface area (Å²) in [6.45, 7) is 0. The summed E-state index contributed by atoms with van der Waals surface area (Å²) in [4.78, 5) is 18.8. The largest absolute Gasteiger partial charge is 0.397 e. The minimum Gasteiger partial charge on any atom is -0.397 e. The van der Waals surface area contributed by atoms with Crippen molar-refractivity contribution in [2.75, 3.05) is 11.1 Å². The quantitative estimate of drug-likeness (QED) is 0.619. The summed E-state index contributed by atoms with van der Waals surface area (Å²) in [5.74, 6) is -0.210. The molecule has 128 valence electrons. The van der Waals surface area contributed by atoms with Crippen LogP contribution in [0, 0.1) is 0 Å². The number of halogens is 1. The van der Waals surface area contributed by atoms with E-state index in [4.69, 9.17) is 22.3 Å².